The molecule has 0 heterocycles. The maximum Gasteiger partial charge on any atom is 0.338 e. The minimum Gasteiger partial charge on any atom is -0.454 e. The van der Waals surface area contributed by atoms with Gasteiger partial charge >= 0.3 is 5.97 Å². The fourth-order valence-electron chi connectivity index (χ4n) is 2.33. The summed E-state index contributed by atoms with van der Waals surface area (Å²) in [6, 6.07) is 17.2. The predicted molar refractivity (Wildman–Crippen MR) is 87.4 cm³/mol. The number of nitro groups is 1. The Morgan fingerprint density at radius 3 is 2.17 bits per heavy atom. The van der Waals surface area contributed by atoms with Crippen LogP contribution >= 0.6 is 0 Å². The third-order valence-corrected chi connectivity index (χ3v) is 3.49. The standard InChI is InChI=1S/C18H17NO5/c20-17(13-24-18(21)15-9-5-2-6-10-15)11-16(12-19(22)23)14-7-3-1-4-8-14/h1-10,16H,11-13H2/t16-/m1/s1. The van der Waals surface area contributed by atoms with E-state index in [9.17, 15) is 19.7 Å². The molecule has 6 heteroatoms. The number of carbonyl (C=O) groups is 2. The van der Waals surface area contributed by atoms with Gasteiger partial charge in [-0.05, 0) is 17.7 Å². The molecule has 0 fully saturated rings. The number of esters is 1. The van der Waals surface area contributed by atoms with Gasteiger partial charge in [0.25, 0.3) is 0 Å². The third kappa shape index (κ3) is 5.31. The summed E-state index contributed by atoms with van der Waals surface area (Å²) in [5.41, 5.74) is 1.08. The van der Waals surface area contributed by atoms with Crippen LogP contribution in [-0.4, -0.2) is 29.8 Å². The highest BCUT2D eigenvalue weighted by Crippen LogP contribution is 2.20. The summed E-state index contributed by atoms with van der Waals surface area (Å²) in [5.74, 6) is -1.48. The molecule has 0 aliphatic heterocycles. The molecule has 0 aliphatic carbocycles. The summed E-state index contributed by atoms with van der Waals surface area (Å²) in [6.45, 7) is -0.739. The van der Waals surface area contributed by atoms with Crippen LogP contribution in [0.1, 0.15) is 28.3 Å². The molecule has 0 amide bonds. The van der Waals surface area contributed by atoms with Crippen molar-refractivity contribution in [1.29, 1.82) is 0 Å². The normalized spacial score (nSPS) is 11.5. The molecule has 2 aromatic rings. The van der Waals surface area contributed by atoms with Crippen molar-refractivity contribution in [3.63, 3.8) is 0 Å². The number of hydrogen-bond donors (Lipinski definition) is 0. The number of carbonyl (C=O) groups excluding carboxylic acids is 2. The smallest absolute Gasteiger partial charge is 0.338 e. The molecule has 24 heavy (non-hydrogen) atoms. The molecule has 0 saturated heterocycles. The Labute approximate surface area is 139 Å². The van der Waals surface area contributed by atoms with Crippen LogP contribution in [0.25, 0.3) is 0 Å². The van der Waals surface area contributed by atoms with Gasteiger partial charge in [0, 0.05) is 11.3 Å². The van der Waals surface area contributed by atoms with Crippen LogP contribution in [0, 0.1) is 10.1 Å². The average molecular weight is 327 g/mol. The zero-order valence-corrected chi connectivity index (χ0v) is 13.0. The van der Waals surface area contributed by atoms with Crippen molar-refractivity contribution < 1.29 is 19.2 Å². The lowest BCUT2D eigenvalue weighted by Gasteiger charge is -2.12. The first-order chi connectivity index (χ1) is 11.6. The van der Waals surface area contributed by atoms with Gasteiger partial charge in [0.1, 0.15) is 6.61 Å². The van der Waals surface area contributed by atoms with E-state index < -0.39 is 23.4 Å². The summed E-state index contributed by atoms with van der Waals surface area (Å²) < 4.78 is 4.97. The van der Waals surface area contributed by atoms with Crippen molar-refractivity contribution in [2.24, 2.45) is 0 Å². The van der Waals surface area contributed by atoms with E-state index in [0.29, 0.717) is 5.56 Å². The van der Waals surface area contributed by atoms with Crippen LogP contribution in [0.3, 0.4) is 0 Å². The lowest BCUT2D eigenvalue weighted by molar-refractivity contribution is -0.483. The molecule has 0 aliphatic rings. The van der Waals surface area contributed by atoms with E-state index in [-0.39, 0.29) is 18.7 Å². The molecular formula is C18H17NO5. The molecule has 2 rings (SSSR count). The van der Waals surface area contributed by atoms with Crippen LogP contribution in [0.15, 0.2) is 60.7 Å². The van der Waals surface area contributed by atoms with E-state index in [1.54, 1.807) is 60.7 Å². The van der Waals surface area contributed by atoms with E-state index in [0.717, 1.165) is 5.56 Å². The van der Waals surface area contributed by atoms with Gasteiger partial charge in [0.2, 0.25) is 6.54 Å². The molecule has 1 atom stereocenters. The largest absolute Gasteiger partial charge is 0.454 e. The van der Waals surface area contributed by atoms with Gasteiger partial charge in [-0.3, -0.25) is 14.9 Å². The Kier molecular flexibility index (Phi) is 6.19. The van der Waals surface area contributed by atoms with E-state index in [1.807, 2.05) is 0 Å². The number of ketones is 1. The van der Waals surface area contributed by atoms with Gasteiger partial charge in [-0.2, -0.15) is 0 Å². The predicted octanol–water partition coefficient (Wildman–Crippen LogP) is 2.86. The van der Waals surface area contributed by atoms with Gasteiger partial charge in [0.15, 0.2) is 5.78 Å². The summed E-state index contributed by atoms with van der Waals surface area (Å²) in [6.07, 6.45) is -0.0485. The van der Waals surface area contributed by atoms with E-state index in [1.165, 1.54) is 0 Å². The zero-order chi connectivity index (χ0) is 17.4. The number of benzene rings is 2. The topological polar surface area (TPSA) is 86.5 Å². The first-order valence-electron chi connectivity index (χ1n) is 7.47. The fraction of sp³-hybridized carbons (Fsp3) is 0.222. The zero-order valence-electron chi connectivity index (χ0n) is 13.0. The molecular weight excluding hydrogens is 310 g/mol. The van der Waals surface area contributed by atoms with Crippen LogP contribution in [0.2, 0.25) is 0 Å². The number of hydrogen-bond acceptors (Lipinski definition) is 5. The Hall–Kier alpha value is -3.02. The van der Waals surface area contributed by atoms with Crippen LogP contribution in [0.5, 0.6) is 0 Å². The lowest BCUT2D eigenvalue weighted by atomic mass is 9.94. The fourth-order valence-corrected chi connectivity index (χ4v) is 2.33. The van der Waals surface area contributed by atoms with Gasteiger partial charge < -0.3 is 4.74 Å². The highest BCUT2D eigenvalue weighted by Gasteiger charge is 2.22. The van der Waals surface area contributed by atoms with Crippen molar-refractivity contribution in [3.05, 3.63) is 81.9 Å². The molecule has 0 spiro atoms. The monoisotopic (exact) mass is 327 g/mol. The van der Waals surface area contributed by atoms with Crippen LogP contribution < -0.4 is 0 Å². The van der Waals surface area contributed by atoms with Gasteiger partial charge in [0.05, 0.1) is 11.5 Å². The maximum absolute atomic E-state index is 12.0. The number of rotatable bonds is 8. The molecule has 0 radical (unpaired) electrons. The van der Waals surface area contributed by atoms with Crippen molar-refractivity contribution >= 4 is 11.8 Å². The minimum absolute atomic E-state index is 0.0485. The summed E-state index contributed by atoms with van der Waals surface area (Å²) in [5, 5.41) is 10.8. The summed E-state index contributed by atoms with van der Waals surface area (Å²) in [4.78, 5) is 34.2. The Morgan fingerprint density at radius 2 is 1.58 bits per heavy atom. The van der Waals surface area contributed by atoms with Crippen molar-refractivity contribution in [2.75, 3.05) is 13.2 Å². The Balaban J connectivity index is 1.93. The Morgan fingerprint density at radius 1 is 1.00 bits per heavy atom. The van der Waals surface area contributed by atoms with Gasteiger partial charge in [-0.15, -0.1) is 0 Å². The summed E-state index contributed by atoms with van der Waals surface area (Å²) in [7, 11) is 0. The molecule has 0 aromatic heterocycles. The quantitative estimate of drug-likeness (QED) is 0.423. The molecule has 6 nitrogen and oxygen atoms in total. The second kappa shape index (κ2) is 8.57. The number of ether oxygens (including phenoxy) is 1. The highest BCUT2D eigenvalue weighted by atomic mass is 16.6. The van der Waals surface area contributed by atoms with E-state index in [2.05, 4.69) is 0 Å². The molecule has 0 unspecified atom stereocenters. The van der Waals surface area contributed by atoms with E-state index >= 15 is 0 Å². The highest BCUT2D eigenvalue weighted by molar-refractivity contribution is 5.91. The number of Topliss-reactive ketones (excluding diaryl/α,β-unsaturated/α-hetero) is 1. The molecule has 124 valence electrons. The van der Waals surface area contributed by atoms with Crippen molar-refractivity contribution in [2.45, 2.75) is 12.3 Å². The maximum atomic E-state index is 12.0. The van der Waals surface area contributed by atoms with Crippen LogP contribution in [0.4, 0.5) is 0 Å². The minimum atomic E-state index is -0.588. The lowest BCUT2D eigenvalue weighted by Crippen LogP contribution is -2.20. The van der Waals surface area contributed by atoms with E-state index in [4.69, 9.17) is 4.74 Å². The first kappa shape index (κ1) is 17.3. The van der Waals surface area contributed by atoms with Crippen molar-refractivity contribution in [3.8, 4) is 0 Å². The molecule has 0 bridgehead atoms. The average Bonchev–Trinajstić information content (AvgIpc) is 2.60. The van der Waals surface area contributed by atoms with Crippen molar-refractivity contribution in [1.82, 2.24) is 0 Å². The van der Waals surface area contributed by atoms with Gasteiger partial charge in [-0.25, -0.2) is 4.79 Å². The third-order valence-electron chi connectivity index (χ3n) is 3.49. The van der Waals surface area contributed by atoms with Crippen LogP contribution in [-0.2, 0) is 9.53 Å². The molecule has 2 aromatic carbocycles. The molecule has 0 N–H and O–H groups in total. The Bertz CT molecular complexity index is 700. The second-order valence-corrected chi connectivity index (χ2v) is 5.31. The number of nitrogens with zero attached hydrogens (tertiary/aromatic N) is 1. The first-order valence-corrected chi connectivity index (χ1v) is 7.47. The second-order valence-electron chi connectivity index (χ2n) is 5.31. The summed E-state index contributed by atoms with van der Waals surface area (Å²) >= 11 is 0. The SMILES string of the molecule is O=C(COC(=O)c1ccccc1)C[C@H](C[N+](=O)[O-])c1ccccc1. The van der Waals surface area contributed by atoms with Gasteiger partial charge in [-0.1, -0.05) is 48.5 Å². The molecule has 0 saturated carbocycles.